The minimum absolute atomic E-state index is 0.0858. The summed E-state index contributed by atoms with van der Waals surface area (Å²) in [5.41, 5.74) is 1.25. The van der Waals surface area contributed by atoms with Gasteiger partial charge in [0.15, 0.2) is 11.5 Å². The van der Waals surface area contributed by atoms with Gasteiger partial charge in [-0.25, -0.2) is 4.39 Å². The molecular weight excluding hydrogens is 423 g/mol. The van der Waals surface area contributed by atoms with Crippen molar-refractivity contribution in [2.75, 3.05) is 47.5 Å². The van der Waals surface area contributed by atoms with Gasteiger partial charge in [0, 0.05) is 49.4 Å². The Morgan fingerprint density at radius 2 is 1.71 bits per heavy atom. The molecule has 1 aliphatic rings. The number of piperazine rings is 1. The average Bonchev–Trinajstić information content (AvgIpc) is 2.79. The second kappa shape index (κ2) is 10.5. The van der Waals surface area contributed by atoms with Gasteiger partial charge in [-0.15, -0.1) is 0 Å². The Labute approximate surface area is 186 Å². The first-order valence-electron chi connectivity index (χ1n) is 9.89. The second-order valence-corrected chi connectivity index (χ2v) is 7.50. The molecule has 2 aromatic carbocycles. The molecule has 8 heteroatoms. The lowest BCUT2D eigenvalue weighted by Crippen LogP contribution is -2.47. The van der Waals surface area contributed by atoms with E-state index in [1.807, 2.05) is 0 Å². The zero-order valence-corrected chi connectivity index (χ0v) is 18.6. The molecule has 1 amide bonds. The highest BCUT2D eigenvalue weighted by Gasteiger charge is 2.21. The van der Waals surface area contributed by atoms with E-state index in [4.69, 9.17) is 25.8 Å². The number of nitrogens with zero attached hydrogens (tertiary/aromatic N) is 2. The van der Waals surface area contributed by atoms with E-state index in [2.05, 4.69) is 4.90 Å². The second-order valence-electron chi connectivity index (χ2n) is 7.09. The highest BCUT2D eigenvalue weighted by Crippen LogP contribution is 2.38. The van der Waals surface area contributed by atoms with E-state index in [9.17, 15) is 9.18 Å². The predicted octanol–water partition coefficient (Wildman–Crippen LogP) is 3.86. The number of benzene rings is 2. The molecule has 0 aromatic heterocycles. The van der Waals surface area contributed by atoms with Crippen molar-refractivity contribution >= 4 is 23.6 Å². The summed E-state index contributed by atoms with van der Waals surface area (Å²) < 4.78 is 30.0. The lowest BCUT2D eigenvalue weighted by Gasteiger charge is -2.34. The normalized spacial score (nSPS) is 14.7. The Bertz CT molecular complexity index is 913. The van der Waals surface area contributed by atoms with Gasteiger partial charge in [-0.3, -0.25) is 9.69 Å². The van der Waals surface area contributed by atoms with Crippen molar-refractivity contribution < 1.29 is 23.4 Å². The fourth-order valence-corrected chi connectivity index (χ4v) is 3.73. The molecule has 2 aromatic rings. The summed E-state index contributed by atoms with van der Waals surface area (Å²) in [6, 6.07) is 8.25. The van der Waals surface area contributed by atoms with Gasteiger partial charge in [0.1, 0.15) is 5.82 Å². The third kappa shape index (κ3) is 5.48. The Morgan fingerprint density at radius 3 is 2.26 bits per heavy atom. The summed E-state index contributed by atoms with van der Waals surface area (Å²) in [4.78, 5) is 16.5. The molecule has 0 atom stereocenters. The summed E-state index contributed by atoms with van der Waals surface area (Å²) >= 11 is 6.12. The molecule has 0 radical (unpaired) electrons. The molecule has 1 heterocycles. The first-order valence-corrected chi connectivity index (χ1v) is 10.3. The van der Waals surface area contributed by atoms with Crippen molar-refractivity contribution in [1.82, 2.24) is 9.80 Å². The summed E-state index contributed by atoms with van der Waals surface area (Å²) in [5.74, 6) is 1.15. The van der Waals surface area contributed by atoms with Gasteiger partial charge in [-0.1, -0.05) is 17.7 Å². The van der Waals surface area contributed by atoms with Crippen molar-refractivity contribution in [2.24, 2.45) is 0 Å². The van der Waals surface area contributed by atoms with Gasteiger partial charge in [0.05, 0.1) is 21.3 Å². The van der Waals surface area contributed by atoms with Crippen LogP contribution >= 0.6 is 11.6 Å². The lowest BCUT2D eigenvalue weighted by molar-refractivity contribution is -0.127. The number of methoxy groups -OCH3 is 3. The van der Waals surface area contributed by atoms with Crippen LogP contribution in [0.15, 0.2) is 36.4 Å². The molecule has 1 saturated heterocycles. The van der Waals surface area contributed by atoms with Crippen molar-refractivity contribution in [3.8, 4) is 17.2 Å². The zero-order valence-electron chi connectivity index (χ0n) is 17.9. The monoisotopic (exact) mass is 448 g/mol. The molecular formula is C23H26ClFN2O4. The van der Waals surface area contributed by atoms with Crippen molar-refractivity contribution in [3.63, 3.8) is 0 Å². The van der Waals surface area contributed by atoms with Crippen molar-refractivity contribution in [3.05, 3.63) is 58.4 Å². The maximum absolute atomic E-state index is 14.0. The van der Waals surface area contributed by atoms with E-state index >= 15 is 0 Å². The van der Waals surface area contributed by atoms with E-state index in [0.717, 1.165) is 5.56 Å². The Kier molecular flexibility index (Phi) is 7.76. The summed E-state index contributed by atoms with van der Waals surface area (Å²) in [6.07, 6.45) is 3.25. The Hall–Kier alpha value is -2.77. The van der Waals surface area contributed by atoms with Gasteiger partial charge < -0.3 is 19.1 Å². The quantitative estimate of drug-likeness (QED) is 0.602. The van der Waals surface area contributed by atoms with Crippen molar-refractivity contribution in [2.45, 2.75) is 6.54 Å². The van der Waals surface area contributed by atoms with Crippen LogP contribution in [-0.2, 0) is 11.3 Å². The molecule has 1 fully saturated rings. The molecule has 0 N–H and O–H groups in total. The van der Waals surface area contributed by atoms with E-state index in [0.29, 0.717) is 60.6 Å². The van der Waals surface area contributed by atoms with Crippen LogP contribution in [0.2, 0.25) is 5.02 Å². The molecule has 166 valence electrons. The standard InChI is InChI=1S/C23H26ClFN2O4/c1-29-20-13-16(14-21(30-2)23(20)31-3)7-8-22(28)27-11-9-26(10-12-27)15-17-18(24)5-4-6-19(17)25/h4-8,13-14H,9-12,15H2,1-3H3/b8-7+. The zero-order chi connectivity index (χ0) is 22.4. The first kappa shape index (κ1) is 22.9. The molecule has 0 unspecified atom stereocenters. The number of carbonyl (C=O) groups is 1. The van der Waals surface area contributed by atoms with E-state index in [-0.39, 0.29) is 11.7 Å². The maximum Gasteiger partial charge on any atom is 0.246 e. The van der Waals surface area contributed by atoms with Crippen LogP contribution in [0.1, 0.15) is 11.1 Å². The summed E-state index contributed by atoms with van der Waals surface area (Å²) in [7, 11) is 4.63. The lowest BCUT2D eigenvalue weighted by atomic mass is 10.1. The van der Waals surface area contributed by atoms with E-state index < -0.39 is 0 Å². The molecule has 0 saturated carbocycles. The molecule has 31 heavy (non-hydrogen) atoms. The van der Waals surface area contributed by atoms with Crippen LogP contribution < -0.4 is 14.2 Å². The van der Waals surface area contributed by atoms with E-state index in [1.165, 1.54) is 12.1 Å². The predicted molar refractivity (Wildman–Crippen MR) is 118 cm³/mol. The smallest absolute Gasteiger partial charge is 0.246 e. The van der Waals surface area contributed by atoms with Crippen molar-refractivity contribution in [1.29, 1.82) is 0 Å². The highest BCUT2D eigenvalue weighted by molar-refractivity contribution is 6.31. The third-order valence-electron chi connectivity index (χ3n) is 5.23. The number of rotatable bonds is 7. The fraction of sp³-hybridized carbons (Fsp3) is 0.348. The largest absolute Gasteiger partial charge is 0.493 e. The fourth-order valence-electron chi connectivity index (χ4n) is 3.50. The Balaban J connectivity index is 1.61. The first-order chi connectivity index (χ1) is 15.0. The summed E-state index contributed by atoms with van der Waals surface area (Å²) in [6.45, 7) is 2.84. The van der Waals surface area contributed by atoms with Crippen LogP contribution in [0.4, 0.5) is 4.39 Å². The number of carbonyl (C=O) groups excluding carboxylic acids is 1. The third-order valence-corrected chi connectivity index (χ3v) is 5.59. The molecule has 0 bridgehead atoms. The Morgan fingerprint density at radius 1 is 1.06 bits per heavy atom. The topological polar surface area (TPSA) is 51.2 Å². The number of halogens is 2. The number of hydrogen-bond donors (Lipinski definition) is 0. The van der Waals surface area contributed by atoms with Gasteiger partial charge in [-0.2, -0.15) is 0 Å². The maximum atomic E-state index is 14.0. The molecule has 3 rings (SSSR count). The SMILES string of the molecule is COc1cc(/C=C/C(=O)N2CCN(Cc3c(F)cccc3Cl)CC2)cc(OC)c1OC. The minimum Gasteiger partial charge on any atom is -0.493 e. The van der Waals surface area contributed by atoms with Gasteiger partial charge in [-0.05, 0) is 35.9 Å². The minimum atomic E-state index is -0.306. The number of ether oxygens (including phenoxy) is 3. The van der Waals surface area contributed by atoms with E-state index in [1.54, 1.807) is 56.6 Å². The van der Waals surface area contributed by atoms with Crippen LogP contribution in [0.25, 0.3) is 6.08 Å². The van der Waals surface area contributed by atoms with Gasteiger partial charge >= 0.3 is 0 Å². The van der Waals surface area contributed by atoms with Crippen LogP contribution in [0, 0.1) is 5.82 Å². The van der Waals surface area contributed by atoms with Crippen LogP contribution in [0.5, 0.6) is 17.2 Å². The number of amides is 1. The molecule has 0 aliphatic carbocycles. The van der Waals surface area contributed by atoms with Crippen LogP contribution in [-0.4, -0.2) is 63.2 Å². The molecule has 1 aliphatic heterocycles. The highest BCUT2D eigenvalue weighted by atomic mass is 35.5. The summed E-state index contributed by atoms with van der Waals surface area (Å²) in [5, 5.41) is 0.423. The average molecular weight is 449 g/mol. The molecule has 6 nitrogen and oxygen atoms in total. The molecule has 0 spiro atoms. The van der Waals surface area contributed by atoms with Crippen LogP contribution in [0.3, 0.4) is 0 Å². The van der Waals surface area contributed by atoms with Gasteiger partial charge in [0.2, 0.25) is 11.7 Å². The van der Waals surface area contributed by atoms with Gasteiger partial charge in [0.25, 0.3) is 0 Å². The number of hydrogen-bond acceptors (Lipinski definition) is 5.